The molecule has 0 unspecified atom stereocenters. The Morgan fingerprint density at radius 3 is 2.42 bits per heavy atom. The van der Waals surface area contributed by atoms with Gasteiger partial charge in [-0.1, -0.05) is 32.0 Å². The smallest absolute Gasteiger partial charge is 0.307 e. The number of aromatic nitrogens is 1. The Morgan fingerprint density at radius 1 is 1.00 bits per heavy atom. The molecule has 0 bridgehead atoms. The van der Waals surface area contributed by atoms with Crippen molar-refractivity contribution in [1.82, 2.24) is 9.88 Å². The molecule has 2 aromatic carbocycles. The average Bonchev–Trinajstić information content (AvgIpc) is 2.88. The molecule has 0 aliphatic carbocycles. The molecule has 5 rings (SSSR count). The van der Waals surface area contributed by atoms with E-state index in [-0.39, 0.29) is 23.9 Å². The van der Waals surface area contributed by atoms with Crippen LogP contribution in [0.4, 0.5) is 18.9 Å². The van der Waals surface area contributed by atoms with Gasteiger partial charge in [0.05, 0.1) is 12.1 Å². The van der Waals surface area contributed by atoms with Crippen molar-refractivity contribution in [2.24, 2.45) is 5.41 Å². The highest BCUT2D eigenvalue weighted by Crippen LogP contribution is 2.42. The van der Waals surface area contributed by atoms with Crippen LogP contribution in [0.25, 0.3) is 11.1 Å². The number of benzene rings is 2. The molecule has 0 saturated carbocycles. The summed E-state index contributed by atoms with van der Waals surface area (Å²) in [6.07, 6.45) is 2.67. The Bertz CT molecular complexity index is 1460. The van der Waals surface area contributed by atoms with Crippen molar-refractivity contribution < 1.29 is 23.1 Å². The summed E-state index contributed by atoms with van der Waals surface area (Å²) in [5.74, 6) is -3.84. The first-order valence-corrected chi connectivity index (χ1v) is 13.9. The minimum Gasteiger partial charge on any atom is -0.481 e. The van der Waals surface area contributed by atoms with E-state index in [1.165, 1.54) is 0 Å². The van der Waals surface area contributed by atoms with Gasteiger partial charge in [0.2, 0.25) is 0 Å². The van der Waals surface area contributed by atoms with Crippen LogP contribution in [-0.4, -0.2) is 40.6 Å². The minimum absolute atomic E-state index is 0.0132. The van der Waals surface area contributed by atoms with Gasteiger partial charge in [-0.15, -0.1) is 0 Å². The lowest BCUT2D eigenvalue weighted by Gasteiger charge is -2.40. The van der Waals surface area contributed by atoms with Crippen molar-refractivity contribution in [3.05, 3.63) is 81.4 Å². The molecule has 1 N–H and O–H groups in total. The van der Waals surface area contributed by atoms with Crippen LogP contribution in [0.5, 0.6) is 0 Å². The third-order valence-electron chi connectivity index (χ3n) is 8.47. The molecule has 0 radical (unpaired) electrons. The van der Waals surface area contributed by atoms with E-state index in [1.807, 2.05) is 24.8 Å². The number of piperidine rings is 1. The van der Waals surface area contributed by atoms with Gasteiger partial charge in [0, 0.05) is 66.9 Å². The van der Waals surface area contributed by atoms with Gasteiger partial charge in [-0.05, 0) is 61.3 Å². The molecule has 2 aliphatic rings. The van der Waals surface area contributed by atoms with Crippen LogP contribution in [0.2, 0.25) is 0 Å². The summed E-state index contributed by atoms with van der Waals surface area (Å²) in [7, 11) is 0. The molecule has 212 valence electrons. The summed E-state index contributed by atoms with van der Waals surface area (Å²) in [6.45, 7) is 11.4. The molecule has 0 amide bonds. The number of hydrogen-bond donors (Lipinski definition) is 1. The number of rotatable bonds is 6. The van der Waals surface area contributed by atoms with Crippen molar-refractivity contribution in [1.29, 1.82) is 0 Å². The number of carboxylic acid groups (broad SMARTS) is 1. The van der Waals surface area contributed by atoms with Crippen molar-refractivity contribution in [2.45, 2.75) is 66.5 Å². The van der Waals surface area contributed by atoms with Gasteiger partial charge >= 0.3 is 5.97 Å². The van der Waals surface area contributed by atoms with Crippen LogP contribution in [0.1, 0.15) is 60.3 Å². The summed E-state index contributed by atoms with van der Waals surface area (Å²) in [6, 6.07) is 7.89. The van der Waals surface area contributed by atoms with Crippen LogP contribution in [0.3, 0.4) is 0 Å². The number of aliphatic carboxylic acids is 1. The second-order valence-electron chi connectivity index (χ2n) is 12.0. The van der Waals surface area contributed by atoms with E-state index in [4.69, 9.17) is 4.98 Å². The number of carboxylic acids is 1. The van der Waals surface area contributed by atoms with Crippen molar-refractivity contribution in [3.63, 3.8) is 0 Å². The van der Waals surface area contributed by atoms with Gasteiger partial charge in [-0.25, -0.2) is 13.2 Å². The maximum Gasteiger partial charge on any atom is 0.307 e. The Morgan fingerprint density at radius 2 is 1.73 bits per heavy atom. The van der Waals surface area contributed by atoms with Crippen LogP contribution in [-0.2, 0) is 30.7 Å². The van der Waals surface area contributed by atoms with E-state index < -0.39 is 23.4 Å². The highest BCUT2D eigenvalue weighted by molar-refractivity contribution is 5.86. The Hall–Kier alpha value is -3.39. The zero-order valence-electron chi connectivity index (χ0n) is 23.6. The summed E-state index contributed by atoms with van der Waals surface area (Å²) in [5.41, 5.74) is 7.83. The van der Waals surface area contributed by atoms with E-state index in [2.05, 4.69) is 30.9 Å². The molecule has 1 aromatic heterocycles. The first-order valence-electron chi connectivity index (χ1n) is 13.9. The fourth-order valence-electron chi connectivity index (χ4n) is 6.13. The SMILES string of the molecule is Cc1nc(C)c(-c2ccc3c(c2)CCN(Cc2cc(F)cc(F)c2F)C3)c(N2CCC(C)(C)CC2)c1CC(=O)O. The minimum atomic E-state index is -1.17. The molecule has 40 heavy (non-hydrogen) atoms. The summed E-state index contributed by atoms with van der Waals surface area (Å²) >= 11 is 0. The van der Waals surface area contributed by atoms with Crippen molar-refractivity contribution >= 4 is 11.7 Å². The van der Waals surface area contributed by atoms with E-state index in [0.29, 0.717) is 25.6 Å². The van der Waals surface area contributed by atoms with Crippen molar-refractivity contribution in [2.75, 3.05) is 24.5 Å². The highest BCUT2D eigenvalue weighted by atomic mass is 19.2. The molecule has 3 heterocycles. The van der Waals surface area contributed by atoms with Gasteiger partial charge in [0.15, 0.2) is 11.6 Å². The number of aryl methyl sites for hydroxylation is 2. The van der Waals surface area contributed by atoms with Gasteiger partial charge < -0.3 is 10.0 Å². The first-order chi connectivity index (χ1) is 18.9. The second-order valence-corrected chi connectivity index (χ2v) is 12.0. The number of halogens is 3. The van der Waals surface area contributed by atoms with Gasteiger partial charge in [-0.3, -0.25) is 14.7 Å². The fraction of sp³-hybridized carbons (Fsp3) is 0.438. The maximum atomic E-state index is 14.3. The molecule has 1 fully saturated rings. The van der Waals surface area contributed by atoms with Gasteiger partial charge in [0.1, 0.15) is 5.82 Å². The molecule has 5 nitrogen and oxygen atoms in total. The third-order valence-corrected chi connectivity index (χ3v) is 8.47. The molecule has 1 saturated heterocycles. The fourth-order valence-corrected chi connectivity index (χ4v) is 6.13. The summed E-state index contributed by atoms with van der Waals surface area (Å²) in [4.78, 5) is 21.0. The summed E-state index contributed by atoms with van der Waals surface area (Å²) < 4.78 is 41.7. The van der Waals surface area contributed by atoms with E-state index in [1.54, 1.807) is 0 Å². The predicted molar refractivity (Wildman–Crippen MR) is 150 cm³/mol. The Kier molecular flexibility index (Phi) is 7.66. The van der Waals surface area contributed by atoms with E-state index >= 15 is 0 Å². The number of anilines is 1. The quantitative estimate of drug-likeness (QED) is 0.350. The monoisotopic (exact) mass is 551 g/mol. The van der Waals surface area contributed by atoms with Crippen LogP contribution < -0.4 is 4.90 Å². The third kappa shape index (κ3) is 5.73. The number of fused-ring (bicyclic) bond motifs is 1. The van der Waals surface area contributed by atoms with Crippen molar-refractivity contribution in [3.8, 4) is 11.1 Å². The highest BCUT2D eigenvalue weighted by Gasteiger charge is 2.30. The van der Waals surface area contributed by atoms with Gasteiger partial charge in [0.25, 0.3) is 0 Å². The number of hydrogen-bond acceptors (Lipinski definition) is 4. The number of carbonyl (C=O) groups is 1. The lowest BCUT2D eigenvalue weighted by Crippen LogP contribution is -2.38. The topological polar surface area (TPSA) is 56.7 Å². The lowest BCUT2D eigenvalue weighted by atomic mass is 9.82. The molecule has 2 aliphatic heterocycles. The zero-order valence-corrected chi connectivity index (χ0v) is 23.6. The second kappa shape index (κ2) is 10.9. The number of nitrogens with zero attached hydrogens (tertiary/aromatic N) is 3. The Labute approximate surface area is 233 Å². The zero-order chi connectivity index (χ0) is 28.8. The molecule has 3 aromatic rings. The first kappa shape index (κ1) is 28.1. The van der Waals surface area contributed by atoms with Crippen LogP contribution >= 0.6 is 0 Å². The molecular formula is C32H36F3N3O2. The summed E-state index contributed by atoms with van der Waals surface area (Å²) in [5, 5.41) is 9.75. The van der Waals surface area contributed by atoms with E-state index in [0.717, 1.165) is 76.9 Å². The largest absolute Gasteiger partial charge is 0.481 e. The average molecular weight is 552 g/mol. The van der Waals surface area contributed by atoms with Crippen LogP contribution in [0, 0.1) is 36.7 Å². The van der Waals surface area contributed by atoms with E-state index in [9.17, 15) is 23.1 Å². The molecule has 0 spiro atoms. The standard InChI is InChI=1S/C32H36F3N3O2/c1-19-26(16-28(39)40)31(38-11-8-32(3,4)9-12-38)29(20(2)36-19)22-5-6-23-17-37(10-7-21(23)13-22)18-24-14-25(33)15-27(34)30(24)35/h5-6,13-15H,7-12,16-18H2,1-4H3,(H,39,40). The number of pyridine rings is 1. The normalized spacial score (nSPS) is 17.1. The van der Waals surface area contributed by atoms with Gasteiger partial charge in [-0.2, -0.15) is 0 Å². The van der Waals surface area contributed by atoms with Crippen LogP contribution in [0.15, 0.2) is 30.3 Å². The molecule has 0 atom stereocenters. The predicted octanol–water partition coefficient (Wildman–Crippen LogP) is 6.59. The Balaban J connectivity index is 1.49. The lowest BCUT2D eigenvalue weighted by molar-refractivity contribution is -0.136. The molecule has 8 heteroatoms. The maximum absolute atomic E-state index is 14.3. The molecular weight excluding hydrogens is 515 g/mol.